The molecule has 4 rings (SSSR count). The number of piperidine rings is 1. The number of rotatable bonds is 6. The topological polar surface area (TPSA) is 116 Å². The summed E-state index contributed by atoms with van der Waals surface area (Å²) in [6.07, 6.45) is 5.17. The Morgan fingerprint density at radius 1 is 1.16 bits per heavy atom. The lowest BCUT2D eigenvalue weighted by molar-refractivity contribution is 0.0894. The van der Waals surface area contributed by atoms with E-state index in [2.05, 4.69) is 15.0 Å². The zero-order valence-electron chi connectivity index (χ0n) is 17.6. The number of nitrogens with two attached hydrogens (primary N) is 1. The van der Waals surface area contributed by atoms with Crippen LogP contribution >= 0.6 is 0 Å². The van der Waals surface area contributed by atoms with Crippen LogP contribution in [0.25, 0.3) is 5.69 Å². The number of primary sulfonamides is 1. The molecule has 0 unspecified atom stereocenters. The largest absolute Gasteiger partial charge is 0.318 e. The predicted octanol–water partition coefficient (Wildman–Crippen LogP) is 1.85. The average molecular weight is 443 g/mol. The van der Waals surface area contributed by atoms with Crippen molar-refractivity contribution in [1.29, 1.82) is 0 Å². The molecule has 9 nitrogen and oxygen atoms in total. The maximum absolute atomic E-state index is 13.0. The first-order chi connectivity index (χ1) is 14.7. The zero-order chi connectivity index (χ0) is 22.2. The Bertz CT molecular complexity index is 1170. The monoisotopic (exact) mass is 442 g/mol. The molecule has 1 saturated heterocycles. The van der Waals surface area contributed by atoms with Gasteiger partial charge in [-0.2, -0.15) is 5.10 Å². The molecule has 0 saturated carbocycles. The van der Waals surface area contributed by atoms with Gasteiger partial charge in [-0.15, -0.1) is 0 Å². The lowest BCUT2D eigenvalue weighted by Crippen LogP contribution is -2.38. The normalized spacial score (nSPS) is 16.0. The number of likely N-dealkylation sites (tertiary alicyclic amines) is 1. The van der Waals surface area contributed by atoms with Gasteiger partial charge in [0.25, 0.3) is 0 Å². The van der Waals surface area contributed by atoms with Gasteiger partial charge in [0.05, 0.1) is 17.5 Å². The van der Waals surface area contributed by atoms with Gasteiger partial charge in [0.1, 0.15) is 12.7 Å². The minimum Gasteiger partial charge on any atom is -0.318 e. The first kappa shape index (κ1) is 21.4. The number of Topliss-reactive ketones (excluding diaryl/α,β-unsaturated/α-hetero) is 1. The number of aromatic nitrogens is 4. The Morgan fingerprint density at radius 3 is 2.42 bits per heavy atom. The third-order valence-electron chi connectivity index (χ3n) is 5.89. The van der Waals surface area contributed by atoms with E-state index in [9.17, 15) is 13.2 Å². The maximum Gasteiger partial charge on any atom is 0.238 e. The minimum absolute atomic E-state index is 0.0595. The number of carbonyl (C=O) groups is 1. The van der Waals surface area contributed by atoms with E-state index in [1.807, 2.05) is 29.2 Å². The Balaban J connectivity index is 1.46. The van der Waals surface area contributed by atoms with E-state index >= 15 is 0 Å². The number of ketones is 1. The first-order valence-corrected chi connectivity index (χ1v) is 11.7. The number of aryl methyl sites for hydroxylation is 1. The van der Waals surface area contributed by atoms with Crippen LogP contribution in [-0.4, -0.2) is 58.1 Å². The van der Waals surface area contributed by atoms with Crippen LogP contribution in [0.2, 0.25) is 0 Å². The summed E-state index contributed by atoms with van der Waals surface area (Å²) >= 11 is 0. The molecule has 0 atom stereocenters. The fourth-order valence-electron chi connectivity index (χ4n) is 4.26. The summed E-state index contributed by atoms with van der Waals surface area (Å²) in [6, 6.07) is 8.58. The second-order valence-corrected chi connectivity index (χ2v) is 9.53. The Hall–Kier alpha value is -2.82. The minimum atomic E-state index is -3.74. The summed E-state index contributed by atoms with van der Waals surface area (Å²) in [4.78, 5) is 19.3. The number of nitrogens with zero attached hydrogens (tertiary/aromatic N) is 5. The van der Waals surface area contributed by atoms with Crippen LogP contribution < -0.4 is 5.14 Å². The van der Waals surface area contributed by atoms with E-state index in [0.717, 1.165) is 43.0 Å². The third kappa shape index (κ3) is 4.46. The van der Waals surface area contributed by atoms with Gasteiger partial charge in [0, 0.05) is 35.7 Å². The molecular weight excluding hydrogens is 416 g/mol. The second kappa shape index (κ2) is 8.37. The summed E-state index contributed by atoms with van der Waals surface area (Å²) < 4.78 is 26.8. The molecule has 1 aliphatic rings. The highest BCUT2D eigenvalue weighted by Crippen LogP contribution is 2.24. The highest BCUT2D eigenvalue weighted by Gasteiger charge is 2.24. The molecule has 0 aliphatic carbocycles. The molecule has 164 valence electrons. The van der Waals surface area contributed by atoms with Gasteiger partial charge < -0.3 is 4.57 Å². The molecule has 1 aliphatic heterocycles. The smallest absolute Gasteiger partial charge is 0.238 e. The van der Waals surface area contributed by atoms with E-state index in [4.69, 9.17) is 5.14 Å². The van der Waals surface area contributed by atoms with E-state index in [1.54, 1.807) is 24.8 Å². The Morgan fingerprint density at radius 2 is 1.84 bits per heavy atom. The summed E-state index contributed by atoms with van der Waals surface area (Å²) in [7, 11) is -3.74. The van der Waals surface area contributed by atoms with Crippen LogP contribution in [-0.2, 0) is 10.0 Å². The van der Waals surface area contributed by atoms with Gasteiger partial charge >= 0.3 is 0 Å². The summed E-state index contributed by atoms with van der Waals surface area (Å²) in [5.74, 6) is 0.0831. The fourth-order valence-corrected chi connectivity index (χ4v) is 4.78. The van der Waals surface area contributed by atoms with Crippen molar-refractivity contribution in [2.24, 2.45) is 5.14 Å². The van der Waals surface area contributed by atoms with Crippen LogP contribution in [0.5, 0.6) is 0 Å². The molecule has 0 radical (unpaired) electrons. The molecular formula is C21H26N6O3S. The Labute approximate surface area is 181 Å². The molecule has 10 heteroatoms. The summed E-state index contributed by atoms with van der Waals surface area (Å²) in [5, 5.41) is 9.40. The van der Waals surface area contributed by atoms with Gasteiger partial charge in [-0.05, 0) is 57.0 Å². The SMILES string of the molecule is Cc1cc(C(=O)CN2CCC(n3cncn3)CC2)c(C)n1-c1ccc(S(N)(=O)=O)cc1. The fraction of sp³-hybridized carbons (Fsp3) is 0.381. The average Bonchev–Trinajstić information content (AvgIpc) is 3.36. The standard InChI is InChI=1S/C21H26N6O3S/c1-15-11-20(16(2)27(15)18-3-5-19(6-4-18)31(22,29)30)21(28)12-25-9-7-17(8-10-25)26-14-23-13-24-26/h3-6,11,13-14,17H,7-10,12H2,1-2H3,(H2,22,29,30). The van der Waals surface area contributed by atoms with E-state index < -0.39 is 10.0 Å². The molecule has 2 aromatic heterocycles. The van der Waals surface area contributed by atoms with Crippen LogP contribution in [0.4, 0.5) is 0 Å². The number of sulfonamides is 1. The predicted molar refractivity (Wildman–Crippen MR) is 116 cm³/mol. The van der Waals surface area contributed by atoms with Crippen LogP contribution in [0, 0.1) is 13.8 Å². The first-order valence-electron chi connectivity index (χ1n) is 10.2. The van der Waals surface area contributed by atoms with Crippen molar-refractivity contribution < 1.29 is 13.2 Å². The molecule has 0 amide bonds. The second-order valence-electron chi connectivity index (χ2n) is 7.97. The number of hydrogen-bond donors (Lipinski definition) is 1. The van der Waals surface area contributed by atoms with Gasteiger partial charge in [-0.3, -0.25) is 9.69 Å². The molecule has 31 heavy (non-hydrogen) atoms. The van der Waals surface area contributed by atoms with Crippen molar-refractivity contribution in [3.8, 4) is 5.69 Å². The van der Waals surface area contributed by atoms with E-state index in [0.29, 0.717) is 18.2 Å². The van der Waals surface area contributed by atoms with Crippen molar-refractivity contribution in [2.45, 2.75) is 37.6 Å². The molecule has 0 bridgehead atoms. The highest BCUT2D eigenvalue weighted by atomic mass is 32.2. The molecule has 2 N–H and O–H groups in total. The molecule has 0 spiro atoms. The molecule has 3 heterocycles. The Kier molecular flexibility index (Phi) is 5.78. The van der Waals surface area contributed by atoms with Crippen LogP contribution in [0.15, 0.2) is 47.9 Å². The van der Waals surface area contributed by atoms with Crippen molar-refractivity contribution in [2.75, 3.05) is 19.6 Å². The van der Waals surface area contributed by atoms with E-state index in [1.165, 1.54) is 12.1 Å². The molecule has 1 aromatic carbocycles. The maximum atomic E-state index is 13.0. The number of benzene rings is 1. The number of hydrogen-bond acceptors (Lipinski definition) is 6. The lowest BCUT2D eigenvalue weighted by atomic mass is 10.0. The van der Waals surface area contributed by atoms with Crippen molar-refractivity contribution in [1.82, 2.24) is 24.2 Å². The van der Waals surface area contributed by atoms with Gasteiger partial charge in [-0.25, -0.2) is 23.2 Å². The summed E-state index contributed by atoms with van der Waals surface area (Å²) in [6.45, 7) is 5.89. The summed E-state index contributed by atoms with van der Waals surface area (Å²) in [5.41, 5.74) is 3.22. The van der Waals surface area contributed by atoms with Crippen LogP contribution in [0.1, 0.15) is 40.6 Å². The van der Waals surface area contributed by atoms with Gasteiger partial charge in [-0.1, -0.05) is 0 Å². The van der Waals surface area contributed by atoms with Crippen molar-refractivity contribution in [3.63, 3.8) is 0 Å². The lowest BCUT2D eigenvalue weighted by Gasteiger charge is -2.31. The van der Waals surface area contributed by atoms with Crippen LogP contribution in [0.3, 0.4) is 0 Å². The molecule has 3 aromatic rings. The zero-order valence-corrected chi connectivity index (χ0v) is 18.4. The quantitative estimate of drug-likeness (QED) is 0.583. The van der Waals surface area contributed by atoms with Gasteiger partial charge in [0.15, 0.2) is 5.78 Å². The highest BCUT2D eigenvalue weighted by molar-refractivity contribution is 7.89. The molecule has 1 fully saturated rings. The van der Waals surface area contributed by atoms with Crippen molar-refractivity contribution in [3.05, 3.63) is 59.9 Å². The number of carbonyl (C=O) groups excluding carboxylic acids is 1. The van der Waals surface area contributed by atoms with E-state index in [-0.39, 0.29) is 10.7 Å². The van der Waals surface area contributed by atoms with Gasteiger partial charge in [0.2, 0.25) is 10.0 Å². The third-order valence-corrected chi connectivity index (χ3v) is 6.82. The van der Waals surface area contributed by atoms with Crippen molar-refractivity contribution >= 4 is 15.8 Å².